The Balaban J connectivity index is 1.38. The number of anilines is 1. The number of para-hydroxylation sites is 1. The molecule has 0 aliphatic carbocycles. The van der Waals surface area contributed by atoms with Crippen LogP contribution in [0, 0.1) is 0 Å². The molecule has 0 saturated carbocycles. The standard InChI is InChI=1S/C34H26ClN3O5S2/c1-2-42-25-17-13-22(14-18-25)30(39)28-29(23-7-6-10-27(19-23)43-26-8-4-3-5-9-26)38(32(41)31(28)40)33-36-37-34(45-33)44-20-21-11-15-24(35)16-12-21/h3-19,29,39H,2,20H2,1H3/b30-28-. The minimum atomic E-state index is -0.988. The number of rotatable bonds is 10. The van der Waals surface area contributed by atoms with Crippen LogP contribution in [-0.4, -0.2) is 33.6 Å². The van der Waals surface area contributed by atoms with Crippen molar-refractivity contribution in [2.24, 2.45) is 0 Å². The van der Waals surface area contributed by atoms with E-state index in [4.69, 9.17) is 21.1 Å². The van der Waals surface area contributed by atoms with Crippen molar-refractivity contribution in [3.63, 3.8) is 0 Å². The maximum Gasteiger partial charge on any atom is 0.301 e. The van der Waals surface area contributed by atoms with Gasteiger partial charge in [-0.15, -0.1) is 10.2 Å². The minimum absolute atomic E-state index is 0.0633. The number of amides is 1. The first-order valence-corrected chi connectivity index (χ1v) is 16.2. The van der Waals surface area contributed by atoms with Crippen molar-refractivity contribution in [3.8, 4) is 17.2 Å². The van der Waals surface area contributed by atoms with Crippen molar-refractivity contribution in [2.75, 3.05) is 11.5 Å². The van der Waals surface area contributed by atoms with Gasteiger partial charge in [-0.2, -0.15) is 0 Å². The molecule has 0 spiro atoms. The summed E-state index contributed by atoms with van der Waals surface area (Å²) in [5.74, 6) is 0.421. The lowest BCUT2D eigenvalue weighted by Crippen LogP contribution is -2.29. The zero-order chi connectivity index (χ0) is 31.3. The monoisotopic (exact) mass is 655 g/mol. The lowest BCUT2D eigenvalue weighted by Gasteiger charge is -2.23. The van der Waals surface area contributed by atoms with E-state index in [1.165, 1.54) is 28.0 Å². The van der Waals surface area contributed by atoms with Gasteiger partial charge in [0.15, 0.2) is 4.34 Å². The number of hydrogen-bond acceptors (Lipinski definition) is 9. The van der Waals surface area contributed by atoms with Gasteiger partial charge in [0.1, 0.15) is 23.0 Å². The maximum atomic E-state index is 13.7. The summed E-state index contributed by atoms with van der Waals surface area (Å²) < 4.78 is 12.2. The van der Waals surface area contributed by atoms with Crippen molar-refractivity contribution in [1.82, 2.24) is 10.2 Å². The predicted molar refractivity (Wildman–Crippen MR) is 176 cm³/mol. The number of carbonyl (C=O) groups is 2. The molecule has 1 aliphatic heterocycles. The number of thioether (sulfide) groups is 1. The Morgan fingerprint density at radius 3 is 2.38 bits per heavy atom. The molecule has 1 saturated heterocycles. The Hall–Kier alpha value is -4.64. The third-order valence-electron chi connectivity index (χ3n) is 6.91. The molecule has 1 amide bonds. The molecule has 8 nitrogen and oxygen atoms in total. The van der Waals surface area contributed by atoms with E-state index in [9.17, 15) is 14.7 Å². The number of hydrogen-bond donors (Lipinski definition) is 1. The highest BCUT2D eigenvalue weighted by Crippen LogP contribution is 2.45. The Kier molecular flexibility index (Phi) is 9.16. The van der Waals surface area contributed by atoms with Crippen LogP contribution in [0.5, 0.6) is 17.2 Å². The predicted octanol–water partition coefficient (Wildman–Crippen LogP) is 8.30. The van der Waals surface area contributed by atoms with Crippen molar-refractivity contribution in [3.05, 3.63) is 130 Å². The molecule has 1 N–H and O–H groups in total. The van der Waals surface area contributed by atoms with Crippen LogP contribution in [0.15, 0.2) is 113 Å². The maximum absolute atomic E-state index is 13.7. The lowest BCUT2D eigenvalue weighted by molar-refractivity contribution is -0.132. The molecule has 1 aliphatic rings. The molecule has 0 bridgehead atoms. The van der Waals surface area contributed by atoms with Crippen LogP contribution in [0.4, 0.5) is 5.13 Å². The van der Waals surface area contributed by atoms with Gasteiger partial charge in [0.2, 0.25) is 5.13 Å². The largest absolute Gasteiger partial charge is 0.507 e. The van der Waals surface area contributed by atoms with E-state index in [0.29, 0.717) is 50.1 Å². The van der Waals surface area contributed by atoms with Crippen LogP contribution < -0.4 is 14.4 Å². The van der Waals surface area contributed by atoms with Crippen LogP contribution >= 0.6 is 34.7 Å². The van der Waals surface area contributed by atoms with Crippen molar-refractivity contribution in [2.45, 2.75) is 23.1 Å². The van der Waals surface area contributed by atoms with E-state index >= 15 is 0 Å². The second kappa shape index (κ2) is 13.6. The fourth-order valence-corrected chi connectivity index (χ4v) is 6.78. The van der Waals surface area contributed by atoms with Crippen LogP contribution in [0.25, 0.3) is 5.76 Å². The summed E-state index contributed by atoms with van der Waals surface area (Å²) in [5, 5.41) is 21.0. The molecule has 2 heterocycles. The van der Waals surface area contributed by atoms with E-state index in [2.05, 4.69) is 10.2 Å². The minimum Gasteiger partial charge on any atom is -0.507 e. The Bertz CT molecular complexity index is 1860. The summed E-state index contributed by atoms with van der Waals surface area (Å²) in [6.45, 7) is 2.36. The average Bonchev–Trinajstić information content (AvgIpc) is 3.63. The molecule has 11 heteroatoms. The Labute approximate surface area is 272 Å². The number of Topliss-reactive ketones (excluding diaryl/α,β-unsaturated/α-hetero) is 1. The summed E-state index contributed by atoms with van der Waals surface area (Å²) >= 11 is 8.66. The highest BCUT2D eigenvalue weighted by Gasteiger charge is 2.48. The Morgan fingerprint density at radius 2 is 1.64 bits per heavy atom. The molecule has 1 aromatic heterocycles. The van der Waals surface area contributed by atoms with Gasteiger partial charge in [-0.3, -0.25) is 14.5 Å². The van der Waals surface area contributed by atoms with Gasteiger partial charge in [-0.1, -0.05) is 77.2 Å². The van der Waals surface area contributed by atoms with E-state index in [0.717, 1.165) is 5.56 Å². The molecule has 1 unspecified atom stereocenters. The molecule has 4 aromatic carbocycles. The lowest BCUT2D eigenvalue weighted by atomic mass is 9.95. The van der Waals surface area contributed by atoms with Crippen molar-refractivity contribution >= 4 is 57.3 Å². The molecule has 1 fully saturated rings. The number of halogens is 1. The molecule has 226 valence electrons. The van der Waals surface area contributed by atoms with Gasteiger partial charge >= 0.3 is 5.91 Å². The summed E-state index contributed by atoms with van der Waals surface area (Å²) in [6.07, 6.45) is 0. The topological polar surface area (TPSA) is 102 Å². The first kappa shape index (κ1) is 30.4. The van der Waals surface area contributed by atoms with Crippen LogP contribution in [-0.2, 0) is 15.3 Å². The molecule has 45 heavy (non-hydrogen) atoms. The fourth-order valence-electron chi connectivity index (χ4n) is 4.83. The third-order valence-corrected chi connectivity index (χ3v) is 9.29. The molecule has 6 rings (SSSR count). The Morgan fingerprint density at radius 1 is 0.911 bits per heavy atom. The summed E-state index contributed by atoms with van der Waals surface area (Å²) in [4.78, 5) is 28.6. The van der Waals surface area contributed by atoms with Gasteiger partial charge in [-0.05, 0) is 78.7 Å². The summed E-state index contributed by atoms with van der Waals surface area (Å²) in [7, 11) is 0. The van der Waals surface area contributed by atoms with Gasteiger partial charge in [-0.25, -0.2) is 0 Å². The van der Waals surface area contributed by atoms with Crippen LogP contribution in [0.1, 0.15) is 29.7 Å². The van der Waals surface area contributed by atoms with Gasteiger partial charge in [0.05, 0.1) is 18.2 Å². The quantitative estimate of drug-likeness (QED) is 0.0527. The molecular formula is C34H26ClN3O5S2. The number of carbonyl (C=O) groups excluding carboxylic acids is 2. The van der Waals surface area contributed by atoms with E-state index < -0.39 is 17.7 Å². The second-order valence-electron chi connectivity index (χ2n) is 9.88. The van der Waals surface area contributed by atoms with E-state index in [-0.39, 0.29) is 16.5 Å². The zero-order valence-electron chi connectivity index (χ0n) is 23.9. The van der Waals surface area contributed by atoms with Gasteiger partial charge in [0.25, 0.3) is 5.78 Å². The molecule has 1 atom stereocenters. The highest BCUT2D eigenvalue weighted by molar-refractivity contribution is 8.00. The number of aliphatic hydroxyl groups is 1. The number of aliphatic hydroxyl groups excluding tert-OH is 1. The molecule has 0 radical (unpaired) electrons. The fraction of sp³-hybridized carbons (Fsp3) is 0.118. The van der Waals surface area contributed by atoms with Crippen molar-refractivity contribution in [1.29, 1.82) is 0 Å². The van der Waals surface area contributed by atoms with E-state index in [1.807, 2.05) is 61.5 Å². The van der Waals surface area contributed by atoms with Crippen molar-refractivity contribution < 1.29 is 24.2 Å². The molecule has 5 aromatic rings. The zero-order valence-corrected chi connectivity index (χ0v) is 26.3. The number of nitrogens with zero attached hydrogens (tertiary/aromatic N) is 3. The van der Waals surface area contributed by atoms with E-state index in [1.54, 1.807) is 48.5 Å². The van der Waals surface area contributed by atoms with Crippen LogP contribution in [0.2, 0.25) is 5.02 Å². The van der Waals surface area contributed by atoms with Crippen LogP contribution in [0.3, 0.4) is 0 Å². The number of ketones is 1. The normalized spacial score (nSPS) is 15.8. The third kappa shape index (κ3) is 6.73. The highest BCUT2D eigenvalue weighted by atomic mass is 35.5. The second-order valence-corrected chi connectivity index (χ2v) is 12.5. The number of ether oxygens (including phenoxy) is 2. The number of aromatic nitrogens is 2. The van der Waals surface area contributed by atoms with Gasteiger partial charge in [0, 0.05) is 16.3 Å². The molecular weight excluding hydrogens is 630 g/mol. The summed E-state index contributed by atoms with van der Waals surface area (Å²) in [5.41, 5.74) is 1.91. The number of benzene rings is 4. The first-order chi connectivity index (χ1) is 21.9. The first-order valence-electron chi connectivity index (χ1n) is 14.0. The summed E-state index contributed by atoms with van der Waals surface area (Å²) in [6, 6.07) is 29.6. The average molecular weight is 656 g/mol. The SMILES string of the molecule is CCOc1ccc(/C(O)=C2/C(=O)C(=O)N(c3nnc(SCc4ccc(Cl)cc4)s3)C2c2cccc(Oc3ccccc3)c2)cc1. The smallest absolute Gasteiger partial charge is 0.301 e. The van der Waals surface area contributed by atoms with Gasteiger partial charge < -0.3 is 14.6 Å².